The number of amides is 1. The Kier molecular flexibility index (Phi) is 4.57. The van der Waals surface area contributed by atoms with E-state index in [0.717, 1.165) is 22.6 Å². The smallest absolute Gasteiger partial charge is 0.274 e. The fraction of sp³-hybridized carbons (Fsp3) is 0.200. The van der Waals surface area contributed by atoms with Crippen LogP contribution in [0.4, 0.5) is 0 Å². The largest absolute Gasteiger partial charge is 0.466 e. The predicted molar refractivity (Wildman–Crippen MR) is 98.5 cm³/mol. The molecule has 1 amide bonds. The summed E-state index contributed by atoms with van der Waals surface area (Å²) in [6.07, 6.45) is 1.67. The van der Waals surface area contributed by atoms with Crippen LogP contribution >= 0.6 is 0 Å². The first-order valence-corrected chi connectivity index (χ1v) is 8.12. The van der Waals surface area contributed by atoms with Crippen LogP contribution in [0.3, 0.4) is 0 Å². The first kappa shape index (κ1) is 16.8. The predicted octanol–water partition coefficient (Wildman–Crippen LogP) is 4.07. The molecule has 0 atom stereocenters. The molecule has 1 aromatic carbocycles. The molecule has 0 aliphatic heterocycles. The molecule has 1 N–H and O–H groups in total. The van der Waals surface area contributed by atoms with Crippen molar-refractivity contribution in [3.8, 4) is 5.69 Å². The van der Waals surface area contributed by atoms with Crippen LogP contribution in [0, 0.1) is 27.7 Å². The van der Waals surface area contributed by atoms with Crippen LogP contribution < -0.4 is 5.43 Å². The molecule has 128 valence electrons. The van der Waals surface area contributed by atoms with Gasteiger partial charge in [-0.15, -0.1) is 0 Å². The molecule has 5 nitrogen and oxygen atoms in total. The minimum absolute atomic E-state index is 0.275. The zero-order chi connectivity index (χ0) is 18.0. The summed E-state index contributed by atoms with van der Waals surface area (Å²) in [6, 6.07) is 13.9. The van der Waals surface area contributed by atoms with Crippen molar-refractivity contribution in [3.05, 3.63) is 76.5 Å². The van der Waals surface area contributed by atoms with Gasteiger partial charge in [-0.3, -0.25) is 4.79 Å². The molecule has 0 saturated heterocycles. The first-order valence-electron chi connectivity index (χ1n) is 8.12. The quantitative estimate of drug-likeness (QED) is 0.577. The number of nitrogens with zero attached hydrogens (tertiary/aromatic N) is 2. The van der Waals surface area contributed by atoms with Crippen molar-refractivity contribution in [2.24, 2.45) is 5.10 Å². The molecular weight excluding hydrogens is 314 g/mol. The van der Waals surface area contributed by atoms with Crippen molar-refractivity contribution in [2.75, 3.05) is 0 Å². The summed E-state index contributed by atoms with van der Waals surface area (Å²) >= 11 is 0. The Hall–Kier alpha value is -3.08. The number of hydrazone groups is 1. The van der Waals surface area contributed by atoms with Crippen LogP contribution in [0.15, 0.2) is 52.0 Å². The lowest BCUT2D eigenvalue weighted by Gasteiger charge is -2.08. The van der Waals surface area contributed by atoms with E-state index >= 15 is 0 Å². The number of aromatic nitrogens is 1. The zero-order valence-electron chi connectivity index (χ0n) is 14.8. The van der Waals surface area contributed by atoms with Crippen molar-refractivity contribution in [2.45, 2.75) is 27.7 Å². The van der Waals surface area contributed by atoms with Gasteiger partial charge >= 0.3 is 0 Å². The van der Waals surface area contributed by atoms with E-state index in [2.05, 4.69) is 27.2 Å². The summed E-state index contributed by atoms with van der Waals surface area (Å²) in [5, 5.41) is 4.10. The number of hydrogen-bond donors (Lipinski definition) is 1. The van der Waals surface area contributed by atoms with Gasteiger partial charge in [0.2, 0.25) is 0 Å². The van der Waals surface area contributed by atoms with Crippen LogP contribution in [0.2, 0.25) is 0 Å². The van der Waals surface area contributed by atoms with Crippen molar-refractivity contribution >= 4 is 12.1 Å². The van der Waals surface area contributed by atoms with Gasteiger partial charge in [0, 0.05) is 22.6 Å². The average molecular weight is 335 g/mol. The van der Waals surface area contributed by atoms with E-state index in [1.165, 1.54) is 0 Å². The van der Waals surface area contributed by atoms with Crippen LogP contribution in [0.1, 0.15) is 38.8 Å². The molecule has 0 aliphatic rings. The fourth-order valence-electron chi connectivity index (χ4n) is 2.97. The lowest BCUT2D eigenvalue weighted by atomic mass is 10.2. The molecule has 25 heavy (non-hydrogen) atoms. The number of carbonyl (C=O) groups is 1. The topological polar surface area (TPSA) is 59.5 Å². The Bertz CT molecular complexity index is 934. The van der Waals surface area contributed by atoms with Gasteiger partial charge < -0.3 is 8.98 Å². The second kappa shape index (κ2) is 6.81. The summed E-state index contributed by atoms with van der Waals surface area (Å²) in [4.78, 5) is 12.2. The van der Waals surface area contributed by atoms with Crippen LogP contribution in [-0.4, -0.2) is 16.7 Å². The number of benzene rings is 1. The number of carbonyl (C=O) groups excluding carboxylic acids is 1. The molecule has 0 fully saturated rings. The maximum absolute atomic E-state index is 12.2. The van der Waals surface area contributed by atoms with Crippen molar-refractivity contribution < 1.29 is 9.21 Å². The highest BCUT2D eigenvalue weighted by Crippen LogP contribution is 2.19. The standard InChI is InChI=1S/C20H21N3O2/c1-13-10-17(15(3)23(13)18-8-6-5-7-9-18)12-21-22-20(24)19-11-14(2)25-16(19)4/h5-12H,1-4H3,(H,22,24). The van der Waals surface area contributed by atoms with Crippen LogP contribution in [0.5, 0.6) is 0 Å². The molecule has 0 aliphatic carbocycles. The number of furan rings is 1. The Morgan fingerprint density at radius 2 is 1.84 bits per heavy atom. The molecule has 3 rings (SSSR count). The van der Waals surface area contributed by atoms with Crippen molar-refractivity contribution in [1.82, 2.24) is 9.99 Å². The number of hydrogen-bond acceptors (Lipinski definition) is 3. The van der Waals surface area contributed by atoms with E-state index in [1.807, 2.05) is 45.0 Å². The summed E-state index contributed by atoms with van der Waals surface area (Å²) < 4.78 is 7.53. The van der Waals surface area contributed by atoms with Gasteiger partial charge in [0.15, 0.2) is 0 Å². The van der Waals surface area contributed by atoms with Crippen LogP contribution in [0.25, 0.3) is 5.69 Å². The number of rotatable bonds is 4. The minimum Gasteiger partial charge on any atom is -0.466 e. The molecule has 2 aromatic heterocycles. The maximum Gasteiger partial charge on any atom is 0.274 e. The van der Waals surface area contributed by atoms with Gasteiger partial charge in [-0.2, -0.15) is 5.10 Å². The van der Waals surface area contributed by atoms with Gasteiger partial charge in [-0.1, -0.05) is 18.2 Å². The number of aryl methyl sites for hydroxylation is 3. The zero-order valence-corrected chi connectivity index (χ0v) is 14.8. The molecule has 3 aromatic rings. The number of nitrogens with one attached hydrogen (secondary N) is 1. The Labute approximate surface area is 147 Å². The summed E-state index contributed by atoms with van der Waals surface area (Å²) in [6.45, 7) is 7.66. The average Bonchev–Trinajstić information content (AvgIpc) is 3.06. The Morgan fingerprint density at radius 3 is 2.48 bits per heavy atom. The second-order valence-electron chi connectivity index (χ2n) is 6.02. The van der Waals surface area contributed by atoms with Crippen molar-refractivity contribution in [1.29, 1.82) is 0 Å². The van der Waals surface area contributed by atoms with E-state index < -0.39 is 0 Å². The van der Waals surface area contributed by atoms with E-state index in [1.54, 1.807) is 19.2 Å². The fourth-order valence-corrected chi connectivity index (χ4v) is 2.97. The molecular formula is C20H21N3O2. The third-order valence-corrected chi connectivity index (χ3v) is 4.14. The molecule has 0 spiro atoms. The second-order valence-corrected chi connectivity index (χ2v) is 6.02. The maximum atomic E-state index is 12.2. The van der Waals surface area contributed by atoms with Gasteiger partial charge in [0.1, 0.15) is 11.5 Å². The van der Waals surface area contributed by atoms with E-state index in [4.69, 9.17) is 4.42 Å². The highest BCUT2D eigenvalue weighted by molar-refractivity contribution is 5.96. The van der Waals surface area contributed by atoms with Gasteiger partial charge in [0.25, 0.3) is 5.91 Å². The van der Waals surface area contributed by atoms with Gasteiger partial charge in [-0.05, 0) is 52.0 Å². The lowest BCUT2D eigenvalue weighted by molar-refractivity contribution is 0.0953. The number of para-hydroxylation sites is 1. The molecule has 0 saturated carbocycles. The molecule has 2 heterocycles. The molecule has 5 heteroatoms. The van der Waals surface area contributed by atoms with Gasteiger partial charge in [0.05, 0.1) is 11.8 Å². The Morgan fingerprint density at radius 1 is 1.12 bits per heavy atom. The van der Waals surface area contributed by atoms with Crippen molar-refractivity contribution in [3.63, 3.8) is 0 Å². The van der Waals surface area contributed by atoms with E-state index in [-0.39, 0.29) is 5.91 Å². The highest BCUT2D eigenvalue weighted by Gasteiger charge is 2.13. The molecule has 0 radical (unpaired) electrons. The van der Waals surface area contributed by atoms with Gasteiger partial charge in [-0.25, -0.2) is 5.43 Å². The third-order valence-electron chi connectivity index (χ3n) is 4.14. The summed E-state index contributed by atoms with van der Waals surface area (Å²) in [5.41, 5.74) is 7.30. The van der Waals surface area contributed by atoms with E-state index in [9.17, 15) is 4.79 Å². The molecule has 0 unspecified atom stereocenters. The minimum atomic E-state index is -0.275. The third kappa shape index (κ3) is 3.40. The van der Waals surface area contributed by atoms with Crippen LogP contribution in [-0.2, 0) is 0 Å². The SMILES string of the molecule is Cc1cc(C(=O)NN=Cc2cc(C)n(-c3ccccc3)c2C)c(C)o1. The Balaban J connectivity index is 1.79. The monoisotopic (exact) mass is 335 g/mol. The lowest BCUT2D eigenvalue weighted by Crippen LogP contribution is -2.17. The highest BCUT2D eigenvalue weighted by atomic mass is 16.3. The summed E-state index contributed by atoms with van der Waals surface area (Å²) in [7, 11) is 0. The first-order chi connectivity index (χ1) is 12.0. The molecule has 0 bridgehead atoms. The van der Waals surface area contributed by atoms with E-state index in [0.29, 0.717) is 17.1 Å². The normalized spacial score (nSPS) is 11.2. The summed E-state index contributed by atoms with van der Waals surface area (Å²) in [5.74, 6) is 1.02.